The van der Waals surface area contributed by atoms with Gasteiger partial charge in [-0.15, -0.1) is 0 Å². The molecule has 0 heterocycles. The highest BCUT2D eigenvalue weighted by molar-refractivity contribution is 5.42. The van der Waals surface area contributed by atoms with Gasteiger partial charge in [0, 0.05) is 24.3 Å². The Kier molecular flexibility index (Phi) is 5.80. The van der Waals surface area contributed by atoms with E-state index in [9.17, 15) is 0 Å². The fourth-order valence-electron chi connectivity index (χ4n) is 1.47. The molecule has 0 aromatic heterocycles. The minimum Gasteiger partial charge on any atom is -0.497 e. The van der Waals surface area contributed by atoms with Crippen LogP contribution < -0.4 is 14.8 Å². The normalized spacial score (nSPS) is 12.2. The summed E-state index contributed by atoms with van der Waals surface area (Å²) in [5.74, 6) is 1.57. The standard InChI is InChI=1S/C13H21NO3/c1-5-16-9-17-13-8-11(15-4)6-7-12(13)10(2)14-3/h6-8,10,14H,5,9H2,1-4H3. The fraction of sp³-hybridized carbons (Fsp3) is 0.538. The van der Waals surface area contributed by atoms with Crippen LogP contribution in [-0.4, -0.2) is 27.6 Å². The van der Waals surface area contributed by atoms with Gasteiger partial charge in [0.2, 0.25) is 0 Å². The monoisotopic (exact) mass is 239 g/mol. The second kappa shape index (κ2) is 7.14. The van der Waals surface area contributed by atoms with E-state index in [1.54, 1.807) is 7.11 Å². The molecule has 1 aromatic rings. The minimum atomic E-state index is 0.220. The summed E-state index contributed by atoms with van der Waals surface area (Å²) in [6, 6.07) is 6.03. The molecular formula is C13H21NO3. The fourth-order valence-corrected chi connectivity index (χ4v) is 1.47. The minimum absolute atomic E-state index is 0.220. The molecule has 1 atom stereocenters. The maximum Gasteiger partial charge on any atom is 0.189 e. The van der Waals surface area contributed by atoms with Gasteiger partial charge in [0.05, 0.1) is 7.11 Å². The molecule has 1 N–H and O–H groups in total. The van der Waals surface area contributed by atoms with Crippen molar-refractivity contribution in [1.82, 2.24) is 5.32 Å². The molecule has 1 aromatic carbocycles. The van der Waals surface area contributed by atoms with E-state index < -0.39 is 0 Å². The van der Waals surface area contributed by atoms with Crippen LogP contribution in [-0.2, 0) is 4.74 Å². The summed E-state index contributed by atoms with van der Waals surface area (Å²) < 4.78 is 16.0. The highest BCUT2D eigenvalue weighted by atomic mass is 16.7. The van der Waals surface area contributed by atoms with E-state index >= 15 is 0 Å². The largest absolute Gasteiger partial charge is 0.497 e. The Morgan fingerprint density at radius 1 is 1.35 bits per heavy atom. The molecule has 17 heavy (non-hydrogen) atoms. The summed E-state index contributed by atoms with van der Waals surface area (Å²) in [4.78, 5) is 0. The average molecular weight is 239 g/mol. The van der Waals surface area contributed by atoms with E-state index in [0.29, 0.717) is 6.61 Å². The summed E-state index contributed by atoms with van der Waals surface area (Å²) in [6.07, 6.45) is 0. The summed E-state index contributed by atoms with van der Waals surface area (Å²) >= 11 is 0. The zero-order valence-corrected chi connectivity index (χ0v) is 10.9. The van der Waals surface area contributed by atoms with E-state index in [4.69, 9.17) is 14.2 Å². The first kappa shape index (κ1) is 13.8. The third-order valence-electron chi connectivity index (χ3n) is 2.62. The third-order valence-corrected chi connectivity index (χ3v) is 2.62. The molecule has 0 fully saturated rings. The van der Waals surface area contributed by atoms with Crippen LogP contribution in [0.2, 0.25) is 0 Å². The van der Waals surface area contributed by atoms with Crippen molar-refractivity contribution >= 4 is 0 Å². The highest BCUT2D eigenvalue weighted by Crippen LogP contribution is 2.29. The van der Waals surface area contributed by atoms with Gasteiger partial charge in [-0.1, -0.05) is 6.07 Å². The zero-order chi connectivity index (χ0) is 12.7. The van der Waals surface area contributed by atoms with Crippen molar-refractivity contribution in [2.45, 2.75) is 19.9 Å². The van der Waals surface area contributed by atoms with E-state index in [1.807, 2.05) is 32.2 Å². The lowest BCUT2D eigenvalue weighted by Crippen LogP contribution is -2.14. The average Bonchev–Trinajstić information content (AvgIpc) is 2.38. The van der Waals surface area contributed by atoms with Gasteiger partial charge in [0.25, 0.3) is 0 Å². The summed E-state index contributed by atoms with van der Waals surface area (Å²) in [5.41, 5.74) is 1.09. The number of nitrogens with one attached hydrogen (secondary N) is 1. The molecule has 1 unspecified atom stereocenters. The van der Waals surface area contributed by atoms with E-state index in [0.717, 1.165) is 17.1 Å². The molecule has 4 heteroatoms. The Hall–Kier alpha value is -1.26. The van der Waals surface area contributed by atoms with Crippen molar-refractivity contribution in [1.29, 1.82) is 0 Å². The molecule has 1 rings (SSSR count). The van der Waals surface area contributed by atoms with Crippen LogP contribution in [0.4, 0.5) is 0 Å². The molecule has 96 valence electrons. The van der Waals surface area contributed by atoms with Gasteiger partial charge >= 0.3 is 0 Å². The SMILES string of the molecule is CCOCOc1cc(OC)ccc1C(C)NC. The zero-order valence-electron chi connectivity index (χ0n) is 10.9. The molecule has 0 amide bonds. The first-order chi connectivity index (χ1) is 8.22. The maximum absolute atomic E-state index is 5.60. The molecule has 0 saturated carbocycles. The number of benzene rings is 1. The Labute approximate surface area is 103 Å². The second-order valence-electron chi connectivity index (χ2n) is 3.67. The summed E-state index contributed by atoms with van der Waals surface area (Å²) in [6.45, 7) is 4.91. The van der Waals surface area contributed by atoms with Crippen molar-refractivity contribution in [2.75, 3.05) is 27.6 Å². The quantitative estimate of drug-likeness (QED) is 0.585. The maximum atomic E-state index is 5.60. The van der Waals surface area contributed by atoms with Crippen LogP contribution in [0.25, 0.3) is 0 Å². The lowest BCUT2D eigenvalue weighted by atomic mass is 10.1. The molecule has 0 saturated heterocycles. The second-order valence-corrected chi connectivity index (χ2v) is 3.67. The van der Waals surface area contributed by atoms with Crippen LogP contribution in [0.3, 0.4) is 0 Å². The molecule has 0 aliphatic rings. The van der Waals surface area contributed by atoms with Crippen LogP contribution in [0.15, 0.2) is 18.2 Å². The van der Waals surface area contributed by atoms with Crippen LogP contribution in [0.1, 0.15) is 25.5 Å². The van der Waals surface area contributed by atoms with Gasteiger partial charge in [0.1, 0.15) is 11.5 Å². The Morgan fingerprint density at radius 2 is 2.12 bits per heavy atom. The van der Waals surface area contributed by atoms with E-state index in [1.165, 1.54) is 0 Å². The lowest BCUT2D eigenvalue weighted by molar-refractivity contribution is 0.0215. The Bertz CT molecular complexity index is 341. The first-order valence-electron chi connectivity index (χ1n) is 5.78. The summed E-state index contributed by atoms with van der Waals surface area (Å²) in [7, 11) is 3.56. The smallest absolute Gasteiger partial charge is 0.189 e. The molecule has 0 aliphatic heterocycles. The predicted molar refractivity (Wildman–Crippen MR) is 67.6 cm³/mol. The number of ether oxygens (including phenoxy) is 3. The highest BCUT2D eigenvalue weighted by Gasteiger charge is 2.11. The van der Waals surface area contributed by atoms with Crippen molar-refractivity contribution in [3.8, 4) is 11.5 Å². The van der Waals surface area contributed by atoms with E-state index in [2.05, 4.69) is 12.2 Å². The number of hydrogen-bond donors (Lipinski definition) is 1. The molecule has 0 aliphatic carbocycles. The van der Waals surface area contributed by atoms with Crippen LogP contribution in [0.5, 0.6) is 11.5 Å². The van der Waals surface area contributed by atoms with Gasteiger partial charge in [-0.2, -0.15) is 0 Å². The number of methoxy groups -OCH3 is 1. The molecule has 0 spiro atoms. The molecule has 0 radical (unpaired) electrons. The van der Waals surface area contributed by atoms with Crippen molar-refractivity contribution in [3.63, 3.8) is 0 Å². The van der Waals surface area contributed by atoms with Crippen LogP contribution in [0, 0.1) is 0 Å². The van der Waals surface area contributed by atoms with Gasteiger partial charge in [-0.05, 0) is 27.0 Å². The molecule has 4 nitrogen and oxygen atoms in total. The Morgan fingerprint density at radius 3 is 2.71 bits per heavy atom. The number of rotatable bonds is 7. The van der Waals surface area contributed by atoms with Crippen LogP contribution >= 0.6 is 0 Å². The van der Waals surface area contributed by atoms with Gasteiger partial charge in [-0.3, -0.25) is 0 Å². The molecular weight excluding hydrogens is 218 g/mol. The summed E-state index contributed by atoms with van der Waals surface area (Å²) in [5, 5.41) is 3.19. The Balaban J connectivity index is 2.86. The van der Waals surface area contributed by atoms with Gasteiger partial charge in [-0.25, -0.2) is 0 Å². The first-order valence-corrected chi connectivity index (χ1v) is 5.78. The van der Waals surface area contributed by atoms with Gasteiger partial charge in [0.15, 0.2) is 6.79 Å². The van der Waals surface area contributed by atoms with Crippen molar-refractivity contribution in [2.24, 2.45) is 0 Å². The van der Waals surface area contributed by atoms with Crippen molar-refractivity contribution < 1.29 is 14.2 Å². The topological polar surface area (TPSA) is 39.7 Å². The molecule has 0 bridgehead atoms. The van der Waals surface area contributed by atoms with Crippen molar-refractivity contribution in [3.05, 3.63) is 23.8 Å². The number of hydrogen-bond acceptors (Lipinski definition) is 4. The predicted octanol–water partition coefficient (Wildman–Crippen LogP) is 2.35. The van der Waals surface area contributed by atoms with Gasteiger partial charge < -0.3 is 19.5 Å². The lowest BCUT2D eigenvalue weighted by Gasteiger charge is -2.17. The van der Waals surface area contributed by atoms with E-state index in [-0.39, 0.29) is 12.8 Å². The third kappa shape index (κ3) is 3.91.